The molecule has 1 aliphatic rings. The Bertz CT molecular complexity index is 496. The topological polar surface area (TPSA) is 70.2 Å². The maximum atomic E-state index is 12.6. The number of carbonyl (C=O) groups is 2. The van der Waals surface area contributed by atoms with Gasteiger partial charge in [-0.1, -0.05) is 44.2 Å². The van der Waals surface area contributed by atoms with E-state index in [-0.39, 0.29) is 23.8 Å². The van der Waals surface area contributed by atoms with Crippen molar-refractivity contribution in [3.8, 4) is 0 Å². The zero-order chi connectivity index (χ0) is 15.9. The molecule has 3 N–H and O–H groups in total. The quantitative estimate of drug-likeness (QED) is 0.743. The first-order valence-corrected chi connectivity index (χ1v) is 7.91. The van der Waals surface area contributed by atoms with Crippen LogP contribution in [0.2, 0.25) is 0 Å². The van der Waals surface area contributed by atoms with Crippen molar-refractivity contribution in [3.63, 3.8) is 0 Å². The number of carbonyl (C=O) groups excluding carboxylic acids is 2. The molecular weight excluding hydrogens is 278 g/mol. The van der Waals surface area contributed by atoms with Gasteiger partial charge in [-0.2, -0.15) is 0 Å². The third-order valence-electron chi connectivity index (χ3n) is 3.70. The van der Waals surface area contributed by atoms with E-state index in [1.54, 1.807) is 0 Å². The highest BCUT2D eigenvalue weighted by molar-refractivity contribution is 5.88. The van der Waals surface area contributed by atoms with Crippen molar-refractivity contribution in [3.05, 3.63) is 35.9 Å². The third-order valence-corrected chi connectivity index (χ3v) is 3.70. The minimum Gasteiger partial charge on any atom is -0.350 e. The Kier molecular flexibility index (Phi) is 5.95. The van der Waals surface area contributed by atoms with Gasteiger partial charge in [0.15, 0.2) is 0 Å². The molecule has 1 aromatic rings. The molecule has 1 fully saturated rings. The summed E-state index contributed by atoms with van der Waals surface area (Å²) in [7, 11) is 0. The van der Waals surface area contributed by atoms with Crippen molar-refractivity contribution < 1.29 is 9.59 Å². The van der Waals surface area contributed by atoms with Crippen LogP contribution in [0.3, 0.4) is 0 Å². The number of amides is 2. The van der Waals surface area contributed by atoms with E-state index in [2.05, 4.69) is 16.0 Å². The van der Waals surface area contributed by atoms with Crippen molar-refractivity contribution in [2.24, 2.45) is 5.92 Å². The Labute approximate surface area is 131 Å². The first kappa shape index (κ1) is 16.5. The van der Waals surface area contributed by atoms with Gasteiger partial charge in [-0.05, 0) is 24.4 Å². The highest BCUT2D eigenvalue weighted by Crippen LogP contribution is 2.15. The molecule has 2 atom stereocenters. The average Bonchev–Trinajstić information content (AvgIpc) is 2.97. The molecule has 1 aliphatic heterocycles. The number of benzene rings is 1. The van der Waals surface area contributed by atoms with Crippen LogP contribution in [0.4, 0.5) is 0 Å². The maximum absolute atomic E-state index is 12.6. The molecule has 1 saturated heterocycles. The minimum atomic E-state index is -0.631. The molecule has 1 heterocycles. The van der Waals surface area contributed by atoms with Gasteiger partial charge >= 0.3 is 0 Å². The molecule has 0 bridgehead atoms. The molecule has 5 nitrogen and oxygen atoms in total. The molecule has 0 aliphatic carbocycles. The second-order valence-electron chi connectivity index (χ2n) is 6.21. The fourth-order valence-corrected chi connectivity index (χ4v) is 2.60. The van der Waals surface area contributed by atoms with Gasteiger partial charge in [-0.3, -0.25) is 9.59 Å². The summed E-state index contributed by atoms with van der Waals surface area (Å²) in [4.78, 5) is 24.6. The Morgan fingerprint density at radius 1 is 1.27 bits per heavy atom. The smallest absolute Gasteiger partial charge is 0.247 e. The molecule has 0 aromatic heterocycles. The van der Waals surface area contributed by atoms with Gasteiger partial charge in [-0.25, -0.2) is 0 Å². The van der Waals surface area contributed by atoms with Gasteiger partial charge in [0.2, 0.25) is 11.8 Å². The molecule has 0 saturated carbocycles. The third kappa shape index (κ3) is 4.84. The molecule has 0 spiro atoms. The van der Waals surface area contributed by atoms with Gasteiger partial charge in [0.05, 0.1) is 0 Å². The van der Waals surface area contributed by atoms with E-state index in [9.17, 15) is 9.59 Å². The summed E-state index contributed by atoms with van der Waals surface area (Å²) < 4.78 is 0. The van der Waals surface area contributed by atoms with E-state index in [1.807, 2.05) is 44.2 Å². The summed E-state index contributed by atoms with van der Waals surface area (Å²) >= 11 is 0. The second kappa shape index (κ2) is 7.94. The Hall–Kier alpha value is -1.88. The van der Waals surface area contributed by atoms with Gasteiger partial charge in [0.25, 0.3) is 0 Å². The standard InChI is InChI=1S/C17H25N3O2/c1-12(2)10-15(21)20-16(13-6-4-3-5-7-13)17(22)19-14-8-9-18-11-14/h3-7,12,14,16,18H,8-11H2,1-2H3,(H,19,22)(H,20,21). The largest absolute Gasteiger partial charge is 0.350 e. The predicted molar refractivity (Wildman–Crippen MR) is 86.2 cm³/mol. The zero-order valence-electron chi connectivity index (χ0n) is 13.3. The van der Waals surface area contributed by atoms with Gasteiger partial charge in [0, 0.05) is 19.0 Å². The Balaban J connectivity index is 2.07. The fraction of sp³-hybridized carbons (Fsp3) is 0.529. The molecule has 2 rings (SSSR count). The van der Waals surface area contributed by atoms with Crippen LogP contribution in [0.25, 0.3) is 0 Å². The van der Waals surface area contributed by atoms with E-state index in [4.69, 9.17) is 0 Å². The Morgan fingerprint density at radius 3 is 2.59 bits per heavy atom. The number of hydrogen-bond donors (Lipinski definition) is 3. The molecular formula is C17H25N3O2. The van der Waals surface area contributed by atoms with E-state index >= 15 is 0 Å². The first-order valence-electron chi connectivity index (χ1n) is 7.91. The molecule has 1 aromatic carbocycles. The van der Waals surface area contributed by atoms with Crippen molar-refractivity contribution in [2.45, 2.75) is 38.8 Å². The lowest BCUT2D eigenvalue weighted by atomic mass is 10.0. The number of nitrogens with one attached hydrogen (secondary N) is 3. The number of rotatable bonds is 6. The predicted octanol–water partition coefficient (Wildman–Crippen LogP) is 1.37. The van der Waals surface area contributed by atoms with Crippen LogP contribution in [0.5, 0.6) is 0 Å². The van der Waals surface area contributed by atoms with E-state index in [0.717, 1.165) is 25.1 Å². The normalized spacial score (nSPS) is 19.0. The number of hydrogen-bond acceptors (Lipinski definition) is 3. The minimum absolute atomic E-state index is 0.0939. The SMILES string of the molecule is CC(C)CC(=O)NC(C(=O)NC1CCNC1)c1ccccc1. The van der Waals surface area contributed by atoms with Crippen molar-refractivity contribution >= 4 is 11.8 Å². The molecule has 0 radical (unpaired) electrons. The monoisotopic (exact) mass is 303 g/mol. The van der Waals surface area contributed by atoms with E-state index < -0.39 is 6.04 Å². The van der Waals surface area contributed by atoms with Crippen LogP contribution in [0.15, 0.2) is 30.3 Å². The van der Waals surface area contributed by atoms with Crippen LogP contribution in [0.1, 0.15) is 38.3 Å². The maximum Gasteiger partial charge on any atom is 0.247 e. The van der Waals surface area contributed by atoms with Gasteiger partial charge < -0.3 is 16.0 Å². The van der Waals surface area contributed by atoms with Crippen molar-refractivity contribution in [1.82, 2.24) is 16.0 Å². The summed E-state index contributed by atoms with van der Waals surface area (Å²) in [5, 5.41) is 9.11. The molecule has 22 heavy (non-hydrogen) atoms. The molecule has 2 unspecified atom stereocenters. The summed E-state index contributed by atoms with van der Waals surface area (Å²) in [5.41, 5.74) is 0.808. The van der Waals surface area contributed by atoms with Crippen molar-refractivity contribution in [1.29, 1.82) is 0 Å². The molecule has 2 amide bonds. The second-order valence-corrected chi connectivity index (χ2v) is 6.21. The van der Waals surface area contributed by atoms with Crippen LogP contribution >= 0.6 is 0 Å². The highest BCUT2D eigenvalue weighted by Gasteiger charge is 2.26. The lowest BCUT2D eigenvalue weighted by Gasteiger charge is -2.21. The van der Waals surface area contributed by atoms with Crippen LogP contribution in [-0.4, -0.2) is 30.9 Å². The highest BCUT2D eigenvalue weighted by atomic mass is 16.2. The van der Waals surface area contributed by atoms with Crippen LogP contribution in [0, 0.1) is 5.92 Å². The first-order chi connectivity index (χ1) is 10.6. The van der Waals surface area contributed by atoms with E-state index in [1.165, 1.54) is 0 Å². The Morgan fingerprint density at radius 2 is 2.00 bits per heavy atom. The fourth-order valence-electron chi connectivity index (χ4n) is 2.60. The van der Waals surface area contributed by atoms with Crippen LogP contribution < -0.4 is 16.0 Å². The van der Waals surface area contributed by atoms with Crippen molar-refractivity contribution in [2.75, 3.05) is 13.1 Å². The lowest BCUT2D eigenvalue weighted by Crippen LogP contribution is -2.45. The summed E-state index contributed by atoms with van der Waals surface area (Å²) in [6.45, 7) is 5.68. The summed E-state index contributed by atoms with van der Waals surface area (Å²) in [5.74, 6) is 0.0269. The summed E-state index contributed by atoms with van der Waals surface area (Å²) in [6, 6.07) is 8.89. The van der Waals surface area contributed by atoms with Gasteiger partial charge in [-0.15, -0.1) is 0 Å². The average molecular weight is 303 g/mol. The molecule has 120 valence electrons. The van der Waals surface area contributed by atoms with Gasteiger partial charge in [0.1, 0.15) is 6.04 Å². The zero-order valence-corrected chi connectivity index (χ0v) is 13.3. The lowest BCUT2D eigenvalue weighted by molar-refractivity contribution is -0.129. The van der Waals surface area contributed by atoms with Crippen LogP contribution in [-0.2, 0) is 9.59 Å². The summed E-state index contributed by atoms with van der Waals surface area (Å²) in [6.07, 6.45) is 1.34. The van der Waals surface area contributed by atoms with E-state index in [0.29, 0.717) is 6.42 Å². The molecule has 5 heteroatoms.